The topological polar surface area (TPSA) is 40.5 Å². The van der Waals surface area contributed by atoms with E-state index in [0.29, 0.717) is 0 Å². The Morgan fingerprint density at radius 1 is 0.739 bits per heavy atom. The van der Waals surface area contributed by atoms with E-state index in [1.165, 1.54) is 57.8 Å². The Hall–Kier alpha value is -0.570. The molecule has 0 aliphatic carbocycles. The fraction of sp³-hybridized carbons (Fsp3) is 0.950. The molecule has 0 fully saturated rings. The smallest absolute Gasteiger partial charge is 0.324 e. The fourth-order valence-corrected chi connectivity index (χ4v) is 3.35. The van der Waals surface area contributed by atoms with Crippen LogP contribution in [0.4, 0.5) is 0 Å². The third kappa shape index (κ3) is 9.34. The van der Waals surface area contributed by atoms with Gasteiger partial charge in [-0.2, -0.15) is 0 Å². The average Bonchev–Trinajstić information content (AvgIpc) is 2.51. The standard InChI is InChI=1S/C20H41NO2/c1-5-7-9-10-11-12-13-14-15-16-18-20(19(22)23,21(3)4)17-8-6-2/h5-18H2,1-4H3,(H,22,23). The Morgan fingerprint density at radius 3 is 1.52 bits per heavy atom. The number of carboxylic acids is 1. The summed E-state index contributed by atoms with van der Waals surface area (Å²) in [7, 11) is 3.83. The molecule has 0 bridgehead atoms. The van der Waals surface area contributed by atoms with Crippen molar-refractivity contribution in [2.24, 2.45) is 0 Å². The molecule has 0 spiro atoms. The summed E-state index contributed by atoms with van der Waals surface area (Å²) < 4.78 is 0. The van der Waals surface area contributed by atoms with Crippen LogP contribution < -0.4 is 0 Å². The molecule has 0 amide bonds. The van der Waals surface area contributed by atoms with Gasteiger partial charge in [0.25, 0.3) is 0 Å². The van der Waals surface area contributed by atoms with Crippen LogP contribution in [-0.2, 0) is 4.79 Å². The van der Waals surface area contributed by atoms with Gasteiger partial charge in [0, 0.05) is 0 Å². The molecule has 0 heterocycles. The van der Waals surface area contributed by atoms with E-state index in [4.69, 9.17) is 0 Å². The zero-order valence-electron chi connectivity index (χ0n) is 16.2. The zero-order chi connectivity index (χ0) is 17.6. The lowest BCUT2D eigenvalue weighted by Crippen LogP contribution is -2.51. The molecule has 0 aliphatic heterocycles. The Bertz CT molecular complexity index is 291. The van der Waals surface area contributed by atoms with Crippen molar-refractivity contribution in [2.45, 2.75) is 109 Å². The number of carboxylic acid groups (broad SMARTS) is 1. The summed E-state index contributed by atoms with van der Waals surface area (Å²) >= 11 is 0. The van der Waals surface area contributed by atoms with Crippen LogP contribution in [0.5, 0.6) is 0 Å². The summed E-state index contributed by atoms with van der Waals surface area (Å²) in [5, 5.41) is 9.72. The van der Waals surface area contributed by atoms with E-state index in [9.17, 15) is 9.90 Å². The number of hydrogen-bond acceptors (Lipinski definition) is 2. The van der Waals surface area contributed by atoms with E-state index in [1.54, 1.807) is 0 Å². The predicted molar refractivity (Wildman–Crippen MR) is 100 cm³/mol. The van der Waals surface area contributed by atoms with Gasteiger partial charge in [0.2, 0.25) is 0 Å². The number of unbranched alkanes of at least 4 members (excludes halogenated alkanes) is 10. The summed E-state index contributed by atoms with van der Waals surface area (Å²) in [6.45, 7) is 4.38. The number of hydrogen-bond donors (Lipinski definition) is 1. The van der Waals surface area contributed by atoms with Crippen molar-refractivity contribution in [3.05, 3.63) is 0 Å². The molecule has 0 aromatic carbocycles. The van der Waals surface area contributed by atoms with Crippen LogP contribution >= 0.6 is 0 Å². The normalized spacial score (nSPS) is 14.1. The molecule has 0 aromatic rings. The molecular formula is C20H41NO2. The summed E-state index contributed by atoms with van der Waals surface area (Å²) in [5.41, 5.74) is -0.657. The van der Waals surface area contributed by atoms with Crippen molar-refractivity contribution >= 4 is 5.97 Å². The second-order valence-electron chi connectivity index (χ2n) is 7.27. The van der Waals surface area contributed by atoms with Gasteiger partial charge in [0.05, 0.1) is 0 Å². The maximum atomic E-state index is 11.8. The molecule has 1 atom stereocenters. The van der Waals surface area contributed by atoms with Crippen molar-refractivity contribution in [3.63, 3.8) is 0 Å². The molecule has 0 radical (unpaired) electrons. The van der Waals surface area contributed by atoms with Crippen LogP contribution in [0.2, 0.25) is 0 Å². The quantitative estimate of drug-likeness (QED) is 0.360. The van der Waals surface area contributed by atoms with Gasteiger partial charge in [0.15, 0.2) is 0 Å². The van der Waals surface area contributed by atoms with Crippen LogP contribution in [0.15, 0.2) is 0 Å². The van der Waals surface area contributed by atoms with Gasteiger partial charge in [-0.1, -0.05) is 90.9 Å². The van der Waals surface area contributed by atoms with E-state index in [1.807, 2.05) is 19.0 Å². The summed E-state index contributed by atoms with van der Waals surface area (Å²) in [5.74, 6) is -0.646. The molecule has 23 heavy (non-hydrogen) atoms. The van der Waals surface area contributed by atoms with E-state index in [-0.39, 0.29) is 0 Å². The first-order valence-corrected chi connectivity index (χ1v) is 9.92. The fourth-order valence-electron chi connectivity index (χ4n) is 3.35. The maximum Gasteiger partial charge on any atom is 0.324 e. The molecular weight excluding hydrogens is 286 g/mol. The van der Waals surface area contributed by atoms with Gasteiger partial charge >= 0.3 is 5.97 Å². The maximum absolute atomic E-state index is 11.8. The van der Waals surface area contributed by atoms with Gasteiger partial charge in [-0.3, -0.25) is 9.69 Å². The molecule has 0 aromatic heterocycles. The highest BCUT2D eigenvalue weighted by Gasteiger charge is 2.39. The lowest BCUT2D eigenvalue weighted by Gasteiger charge is -2.36. The summed E-state index contributed by atoms with van der Waals surface area (Å²) in [4.78, 5) is 13.7. The monoisotopic (exact) mass is 327 g/mol. The average molecular weight is 328 g/mol. The Kier molecular flexibility index (Phi) is 13.5. The van der Waals surface area contributed by atoms with Crippen LogP contribution in [-0.4, -0.2) is 35.6 Å². The zero-order valence-corrected chi connectivity index (χ0v) is 16.2. The minimum Gasteiger partial charge on any atom is -0.480 e. The van der Waals surface area contributed by atoms with Crippen LogP contribution in [0.1, 0.15) is 104 Å². The second-order valence-corrected chi connectivity index (χ2v) is 7.27. The molecule has 0 saturated carbocycles. The van der Waals surface area contributed by atoms with E-state index in [2.05, 4.69) is 13.8 Å². The van der Waals surface area contributed by atoms with Crippen molar-refractivity contribution in [1.82, 2.24) is 4.90 Å². The highest BCUT2D eigenvalue weighted by molar-refractivity contribution is 5.78. The van der Waals surface area contributed by atoms with Gasteiger partial charge in [-0.25, -0.2) is 0 Å². The summed E-state index contributed by atoms with van der Waals surface area (Å²) in [6.07, 6.45) is 16.5. The molecule has 1 N–H and O–H groups in total. The minimum atomic E-state index is -0.657. The minimum absolute atomic E-state index is 0.646. The van der Waals surface area contributed by atoms with Gasteiger partial charge in [-0.15, -0.1) is 0 Å². The van der Waals surface area contributed by atoms with E-state index in [0.717, 1.165) is 32.1 Å². The number of carbonyl (C=O) groups is 1. The SMILES string of the molecule is CCCCCCCCCCCCC(CCCC)(C(=O)O)N(C)C. The lowest BCUT2D eigenvalue weighted by molar-refractivity contribution is -0.151. The van der Waals surface area contributed by atoms with Gasteiger partial charge in [-0.05, 0) is 26.9 Å². The molecule has 3 nitrogen and oxygen atoms in total. The largest absolute Gasteiger partial charge is 0.480 e. The highest BCUT2D eigenvalue weighted by atomic mass is 16.4. The summed E-state index contributed by atoms with van der Waals surface area (Å²) in [6, 6.07) is 0. The number of rotatable bonds is 16. The van der Waals surface area contributed by atoms with Crippen molar-refractivity contribution in [1.29, 1.82) is 0 Å². The van der Waals surface area contributed by atoms with E-state index >= 15 is 0 Å². The third-order valence-corrected chi connectivity index (χ3v) is 5.14. The Morgan fingerprint density at radius 2 is 1.13 bits per heavy atom. The molecule has 0 saturated heterocycles. The first-order valence-electron chi connectivity index (χ1n) is 9.92. The van der Waals surface area contributed by atoms with Crippen molar-refractivity contribution in [3.8, 4) is 0 Å². The molecule has 0 rings (SSSR count). The molecule has 3 heteroatoms. The Balaban J connectivity index is 3.93. The first kappa shape index (κ1) is 22.4. The van der Waals surface area contributed by atoms with Gasteiger partial charge < -0.3 is 5.11 Å². The Labute approximate surface area is 144 Å². The van der Waals surface area contributed by atoms with Gasteiger partial charge in [0.1, 0.15) is 5.54 Å². The van der Waals surface area contributed by atoms with E-state index < -0.39 is 11.5 Å². The van der Waals surface area contributed by atoms with Crippen molar-refractivity contribution < 1.29 is 9.90 Å². The predicted octanol–water partition coefficient (Wildman–Crippen LogP) is 5.87. The highest BCUT2D eigenvalue weighted by Crippen LogP contribution is 2.28. The number of aliphatic carboxylic acids is 1. The molecule has 1 unspecified atom stereocenters. The number of nitrogens with zero attached hydrogens (tertiary/aromatic N) is 1. The van der Waals surface area contributed by atoms with Crippen LogP contribution in [0.3, 0.4) is 0 Å². The molecule has 138 valence electrons. The van der Waals surface area contributed by atoms with Crippen molar-refractivity contribution in [2.75, 3.05) is 14.1 Å². The molecule has 0 aliphatic rings. The lowest BCUT2D eigenvalue weighted by atomic mass is 9.85. The second kappa shape index (κ2) is 13.8. The number of likely N-dealkylation sites (N-methyl/N-ethyl adjacent to an activating group) is 1. The third-order valence-electron chi connectivity index (χ3n) is 5.14. The first-order chi connectivity index (χ1) is 11.0. The van der Waals surface area contributed by atoms with Crippen LogP contribution in [0, 0.1) is 0 Å². The van der Waals surface area contributed by atoms with Crippen LogP contribution in [0.25, 0.3) is 0 Å².